The van der Waals surface area contributed by atoms with Gasteiger partial charge in [-0.3, -0.25) is 10.1 Å². The van der Waals surface area contributed by atoms with E-state index in [1.165, 1.54) is 30.7 Å². The first-order valence-corrected chi connectivity index (χ1v) is 5.01. The summed E-state index contributed by atoms with van der Waals surface area (Å²) in [4.78, 5) is 15.4. The van der Waals surface area contributed by atoms with E-state index >= 15 is 0 Å². The number of rotatable bonds is 3. The average Bonchev–Trinajstić information content (AvgIpc) is 2.80. The van der Waals surface area contributed by atoms with Crippen molar-refractivity contribution in [1.82, 2.24) is 4.98 Å². The molecule has 1 aromatic heterocycles. The van der Waals surface area contributed by atoms with Gasteiger partial charge >= 0.3 is 12.4 Å². The third-order valence-corrected chi connectivity index (χ3v) is 2.01. The van der Waals surface area contributed by atoms with Crippen LogP contribution in [0.1, 0.15) is 10.4 Å². The first-order valence-electron chi connectivity index (χ1n) is 5.01. The second-order valence-electron chi connectivity index (χ2n) is 3.34. The number of oxazole rings is 1. The number of anilines is 1. The Morgan fingerprint density at radius 3 is 2.68 bits per heavy atom. The minimum atomic E-state index is -4.88. The molecule has 0 spiro atoms. The van der Waals surface area contributed by atoms with Gasteiger partial charge in [-0.1, -0.05) is 12.1 Å². The van der Waals surface area contributed by atoms with Crippen molar-refractivity contribution < 1.29 is 27.1 Å². The molecular weight excluding hydrogens is 265 g/mol. The van der Waals surface area contributed by atoms with Crippen molar-refractivity contribution in [3.63, 3.8) is 0 Å². The smallest absolute Gasteiger partial charge is 0.432 e. The lowest BCUT2D eigenvalue weighted by Crippen LogP contribution is -2.20. The fourth-order valence-electron chi connectivity index (χ4n) is 1.32. The van der Waals surface area contributed by atoms with Crippen molar-refractivity contribution in [1.29, 1.82) is 0 Å². The molecule has 1 heterocycles. The number of amides is 1. The Morgan fingerprint density at radius 1 is 1.32 bits per heavy atom. The number of carbonyl (C=O) groups excluding carboxylic acids is 1. The van der Waals surface area contributed by atoms with Gasteiger partial charge < -0.3 is 9.15 Å². The second-order valence-corrected chi connectivity index (χ2v) is 3.34. The van der Waals surface area contributed by atoms with E-state index in [-0.39, 0.29) is 11.6 Å². The summed E-state index contributed by atoms with van der Waals surface area (Å²) in [5, 5.41) is 2.20. The van der Waals surface area contributed by atoms with Crippen LogP contribution in [0.5, 0.6) is 5.75 Å². The predicted molar refractivity (Wildman–Crippen MR) is 57.6 cm³/mol. The second kappa shape index (κ2) is 5.01. The normalized spacial score (nSPS) is 11.1. The topological polar surface area (TPSA) is 64.4 Å². The van der Waals surface area contributed by atoms with Crippen LogP contribution in [0.25, 0.3) is 0 Å². The van der Waals surface area contributed by atoms with E-state index in [0.717, 1.165) is 6.07 Å². The summed E-state index contributed by atoms with van der Waals surface area (Å²) in [6, 6.07) is 4.85. The maximum atomic E-state index is 12.2. The Labute approximate surface area is 105 Å². The van der Waals surface area contributed by atoms with E-state index in [1.54, 1.807) is 0 Å². The molecule has 100 valence electrons. The number of hydrogen-bond donors (Lipinski definition) is 1. The number of hydrogen-bond acceptors (Lipinski definition) is 4. The summed E-state index contributed by atoms with van der Waals surface area (Å²) >= 11 is 0. The minimum Gasteiger partial charge on any atom is -0.432 e. The van der Waals surface area contributed by atoms with Crippen molar-refractivity contribution in [3.8, 4) is 5.75 Å². The fourth-order valence-corrected chi connectivity index (χ4v) is 1.32. The van der Waals surface area contributed by atoms with E-state index < -0.39 is 18.0 Å². The van der Waals surface area contributed by atoms with Gasteiger partial charge in [0.15, 0.2) is 0 Å². The molecule has 0 atom stereocenters. The Morgan fingerprint density at radius 2 is 2.05 bits per heavy atom. The quantitative estimate of drug-likeness (QED) is 0.933. The molecule has 8 heteroatoms. The number of halogens is 3. The first kappa shape index (κ1) is 12.9. The summed E-state index contributed by atoms with van der Waals surface area (Å²) in [6.45, 7) is 0. The molecule has 1 N–H and O–H groups in total. The van der Waals surface area contributed by atoms with Gasteiger partial charge in [0.05, 0.1) is 11.8 Å². The van der Waals surface area contributed by atoms with Gasteiger partial charge in [0.25, 0.3) is 5.91 Å². The highest BCUT2D eigenvalue weighted by Crippen LogP contribution is 2.26. The van der Waals surface area contributed by atoms with E-state index in [1.807, 2.05) is 0 Å². The zero-order valence-corrected chi connectivity index (χ0v) is 9.27. The Kier molecular flexibility index (Phi) is 3.41. The van der Waals surface area contributed by atoms with E-state index in [2.05, 4.69) is 15.0 Å². The van der Waals surface area contributed by atoms with Crippen LogP contribution in [0.3, 0.4) is 0 Å². The van der Waals surface area contributed by atoms with E-state index in [4.69, 9.17) is 4.42 Å². The van der Waals surface area contributed by atoms with E-state index in [9.17, 15) is 18.0 Å². The molecule has 0 aliphatic carbocycles. The molecule has 0 aliphatic rings. The summed E-state index contributed by atoms with van der Waals surface area (Å²) in [5.74, 6) is -1.42. The highest BCUT2D eigenvalue weighted by atomic mass is 19.4. The van der Waals surface area contributed by atoms with Gasteiger partial charge in [0, 0.05) is 0 Å². The molecule has 1 amide bonds. The molecule has 2 aromatic rings. The number of alkyl halides is 3. The predicted octanol–water partition coefficient (Wildman–Crippen LogP) is 2.83. The number of ether oxygens (including phenoxy) is 1. The maximum absolute atomic E-state index is 12.2. The van der Waals surface area contributed by atoms with Crippen LogP contribution in [0.15, 0.2) is 41.1 Å². The number of para-hydroxylation sites is 1. The lowest BCUT2D eigenvalue weighted by molar-refractivity contribution is -0.274. The number of nitrogens with one attached hydrogen (secondary N) is 1. The summed E-state index contributed by atoms with van der Waals surface area (Å²) in [6.07, 6.45) is -2.37. The van der Waals surface area contributed by atoms with Crippen LogP contribution < -0.4 is 10.1 Å². The molecule has 2 rings (SSSR count). The van der Waals surface area contributed by atoms with E-state index in [0.29, 0.717) is 0 Å². The average molecular weight is 272 g/mol. The molecule has 0 bridgehead atoms. The lowest BCUT2D eigenvalue weighted by Gasteiger charge is -2.12. The zero-order valence-electron chi connectivity index (χ0n) is 9.27. The zero-order chi connectivity index (χ0) is 13.9. The van der Waals surface area contributed by atoms with Crippen LogP contribution >= 0.6 is 0 Å². The minimum absolute atomic E-state index is 0.119. The van der Waals surface area contributed by atoms with Gasteiger partial charge in [-0.2, -0.15) is 0 Å². The molecule has 5 nitrogen and oxygen atoms in total. The van der Waals surface area contributed by atoms with Crippen LogP contribution in [-0.4, -0.2) is 17.3 Å². The largest absolute Gasteiger partial charge is 0.573 e. The third-order valence-electron chi connectivity index (χ3n) is 2.01. The number of aromatic nitrogens is 1. The van der Waals surface area contributed by atoms with Crippen molar-refractivity contribution in [2.75, 3.05) is 5.32 Å². The summed E-state index contributed by atoms with van der Waals surface area (Å²) in [7, 11) is 0. The van der Waals surface area contributed by atoms with Crippen molar-refractivity contribution >= 4 is 11.9 Å². The summed E-state index contributed by atoms with van der Waals surface area (Å²) < 4.78 is 45.1. The van der Waals surface area contributed by atoms with Gasteiger partial charge in [-0.25, -0.2) is 4.98 Å². The lowest BCUT2D eigenvalue weighted by atomic mass is 10.2. The fraction of sp³-hybridized carbons (Fsp3) is 0.0909. The van der Waals surface area contributed by atoms with Crippen LogP contribution in [0.4, 0.5) is 19.2 Å². The molecule has 0 saturated heterocycles. The van der Waals surface area contributed by atoms with Crippen LogP contribution in [0.2, 0.25) is 0 Å². The van der Waals surface area contributed by atoms with Gasteiger partial charge in [-0.15, -0.1) is 13.2 Å². The molecule has 1 aromatic carbocycles. The van der Waals surface area contributed by atoms with Gasteiger partial charge in [0.2, 0.25) is 0 Å². The standard InChI is InChI=1S/C11H7F3N2O3/c12-11(13,14)19-8-4-2-1-3-7(8)9(17)16-10-15-5-6-18-10/h1-6H,(H,15,16,17). The van der Waals surface area contributed by atoms with Crippen molar-refractivity contribution in [3.05, 3.63) is 42.3 Å². The molecular formula is C11H7F3N2O3. The molecule has 0 fully saturated rings. The molecule has 0 radical (unpaired) electrons. The SMILES string of the molecule is O=C(Nc1ncco1)c1ccccc1OC(F)(F)F. The third kappa shape index (κ3) is 3.47. The van der Waals surface area contributed by atoms with Crippen molar-refractivity contribution in [2.45, 2.75) is 6.36 Å². The number of carbonyl (C=O) groups is 1. The maximum Gasteiger partial charge on any atom is 0.573 e. The Bertz CT molecular complexity index is 567. The van der Waals surface area contributed by atoms with Crippen LogP contribution in [-0.2, 0) is 0 Å². The number of nitrogens with zero attached hydrogens (tertiary/aromatic N) is 1. The number of benzene rings is 1. The highest BCUT2D eigenvalue weighted by molar-refractivity contribution is 6.05. The van der Waals surface area contributed by atoms with Gasteiger partial charge in [0.1, 0.15) is 12.0 Å². The Balaban J connectivity index is 2.21. The first-order chi connectivity index (χ1) is 8.96. The highest BCUT2D eigenvalue weighted by Gasteiger charge is 2.32. The molecule has 0 aliphatic heterocycles. The van der Waals surface area contributed by atoms with Gasteiger partial charge in [-0.05, 0) is 12.1 Å². The van der Waals surface area contributed by atoms with Crippen LogP contribution in [0, 0.1) is 0 Å². The molecule has 0 saturated carbocycles. The monoisotopic (exact) mass is 272 g/mol. The Hall–Kier alpha value is -2.51. The molecule has 19 heavy (non-hydrogen) atoms. The van der Waals surface area contributed by atoms with Crippen molar-refractivity contribution in [2.24, 2.45) is 0 Å². The summed E-state index contributed by atoms with van der Waals surface area (Å²) in [5.41, 5.74) is -0.280. The molecule has 0 unspecified atom stereocenters.